The number of benzene rings is 1. The van der Waals surface area contributed by atoms with Crippen LogP contribution in [0.1, 0.15) is 12.8 Å². The zero-order chi connectivity index (χ0) is 14.5. The van der Waals surface area contributed by atoms with Gasteiger partial charge in [0.15, 0.2) is 0 Å². The summed E-state index contributed by atoms with van der Waals surface area (Å²) in [6.07, 6.45) is 0.829. The van der Waals surface area contributed by atoms with E-state index in [1.54, 1.807) is 0 Å². The van der Waals surface area contributed by atoms with E-state index in [0.717, 1.165) is 18.2 Å². The number of nitro groups is 1. The van der Waals surface area contributed by atoms with Crippen LogP contribution in [0, 0.1) is 15.9 Å². The molecule has 0 aliphatic rings. The summed E-state index contributed by atoms with van der Waals surface area (Å²) in [7, 11) is -3.76. The molecule has 0 saturated heterocycles. The summed E-state index contributed by atoms with van der Waals surface area (Å²) in [5.74, 6) is -0.660. The van der Waals surface area contributed by atoms with Crippen molar-refractivity contribution in [3.05, 3.63) is 34.1 Å². The van der Waals surface area contributed by atoms with Crippen LogP contribution in [-0.2, 0) is 10.0 Å². The molecular weight excluding hydrogens is 299 g/mol. The fraction of sp³-hybridized carbons (Fsp3) is 0.400. The van der Waals surface area contributed by atoms with Crippen LogP contribution < -0.4 is 4.72 Å². The van der Waals surface area contributed by atoms with Crippen molar-refractivity contribution in [3.8, 4) is 0 Å². The van der Waals surface area contributed by atoms with E-state index in [-0.39, 0.29) is 11.4 Å². The predicted molar refractivity (Wildman–Crippen MR) is 70.4 cm³/mol. The summed E-state index contributed by atoms with van der Waals surface area (Å²) < 4.78 is 38.4. The second-order valence-electron chi connectivity index (χ2n) is 3.74. The molecule has 0 bridgehead atoms. The van der Waals surface area contributed by atoms with Crippen molar-refractivity contribution < 1.29 is 17.7 Å². The highest BCUT2D eigenvalue weighted by Gasteiger charge is 2.19. The Bertz CT molecular complexity index is 565. The van der Waals surface area contributed by atoms with Crippen molar-refractivity contribution in [2.45, 2.75) is 12.8 Å². The molecule has 1 aromatic rings. The maximum absolute atomic E-state index is 13.0. The molecule has 0 radical (unpaired) electrons. The monoisotopic (exact) mass is 310 g/mol. The Labute approximate surface area is 114 Å². The van der Waals surface area contributed by atoms with Crippen LogP contribution in [0.2, 0.25) is 0 Å². The van der Waals surface area contributed by atoms with Crippen molar-refractivity contribution in [3.63, 3.8) is 0 Å². The van der Waals surface area contributed by atoms with Gasteiger partial charge in [-0.1, -0.05) is 0 Å². The molecule has 1 rings (SSSR count). The second kappa shape index (κ2) is 6.67. The summed E-state index contributed by atoms with van der Waals surface area (Å²) in [4.78, 5) is 9.93. The molecule has 0 unspecified atom stereocenters. The Hall–Kier alpha value is -1.41. The number of hydrogen-bond acceptors (Lipinski definition) is 4. The van der Waals surface area contributed by atoms with Crippen molar-refractivity contribution in [2.75, 3.05) is 16.4 Å². The van der Waals surface area contributed by atoms with Gasteiger partial charge in [0, 0.05) is 18.0 Å². The van der Waals surface area contributed by atoms with Gasteiger partial charge in [-0.15, -0.1) is 11.6 Å². The summed E-state index contributed by atoms with van der Waals surface area (Å²) >= 11 is 5.42. The molecule has 0 aliphatic carbocycles. The zero-order valence-corrected chi connectivity index (χ0v) is 11.4. The van der Waals surface area contributed by atoms with Gasteiger partial charge in [-0.25, -0.2) is 12.8 Å². The van der Waals surface area contributed by atoms with E-state index in [2.05, 4.69) is 0 Å². The molecule has 1 aromatic carbocycles. The molecule has 9 heteroatoms. The number of hydrogen-bond donors (Lipinski definition) is 1. The fourth-order valence-corrected chi connectivity index (χ4v) is 2.73. The topological polar surface area (TPSA) is 89.3 Å². The quantitative estimate of drug-likeness (QED) is 0.362. The SMILES string of the molecule is O=[N+]([O-])c1ccc(F)cc1NS(=O)(=O)CCCCCl. The molecule has 0 aliphatic heterocycles. The van der Waals surface area contributed by atoms with Crippen LogP contribution in [0.4, 0.5) is 15.8 Å². The summed E-state index contributed by atoms with van der Waals surface area (Å²) in [6.45, 7) is 0. The van der Waals surface area contributed by atoms with E-state index < -0.39 is 26.5 Å². The standard InChI is InChI=1S/C10H12ClFN2O4S/c11-5-1-2-6-19(17,18)13-9-7-8(12)3-4-10(9)14(15)16/h3-4,7,13H,1-2,5-6H2. The Morgan fingerprint density at radius 1 is 1.37 bits per heavy atom. The van der Waals surface area contributed by atoms with Gasteiger partial charge in [0.05, 0.1) is 10.7 Å². The molecule has 1 N–H and O–H groups in total. The molecule has 0 spiro atoms. The Morgan fingerprint density at radius 3 is 2.63 bits per heavy atom. The van der Waals surface area contributed by atoms with Gasteiger partial charge in [0.1, 0.15) is 11.5 Å². The molecule has 0 atom stereocenters. The smallest absolute Gasteiger partial charge is 0.277 e. The van der Waals surface area contributed by atoms with Crippen LogP contribution in [0.15, 0.2) is 18.2 Å². The number of rotatable bonds is 7. The third kappa shape index (κ3) is 4.99. The van der Waals surface area contributed by atoms with E-state index in [4.69, 9.17) is 11.6 Å². The van der Waals surface area contributed by atoms with Crippen molar-refractivity contribution in [1.82, 2.24) is 0 Å². The van der Waals surface area contributed by atoms with Crippen LogP contribution in [0.25, 0.3) is 0 Å². The minimum Gasteiger partial charge on any atom is -0.277 e. The number of anilines is 1. The number of unbranched alkanes of at least 4 members (excludes halogenated alkanes) is 1. The van der Waals surface area contributed by atoms with Crippen LogP contribution in [-0.4, -0.2) is 25.0 Å². The normalized spacial score (nSPS) is 11.3. The first-order chi connectivity index (χ1) is 8.85. The highest BCUT2D eigenvalue weighted by atomic mass is 35.5. The van der Waals surface area contributed by atoms with Crippen molar-refractivity contribution >= 4 is 33.0 Å². The maximum Gasteiger partial charge on any atom is 0.293 e. The largest absolute Gasteiger partial charge is 0.293 e. The molecule has 0 aromatic heterocycles. The van der Waals surface area contributed by atoms with Crippen LogP contribution >= 0.6 is 11.6 Å². The summed E-state index contributed by atoms with van der Waals surface area (Å²) in [5, 5.41) is 10.7. The lowest BCUT2D eigenvalue weighted by molar-refractivity contribution is -0.383. The van der Waals surface area contributed by atoms with Gasteiger partial charge in [-0.3, -0.25) is 14.8 Å². The van der Waals surface area contributed by atoms with E-state index >= 15 is 0 Å². The molecular formula is C10H12ClFN2O4S. The van der Waals surface area contributed by atoms with Crippen molar-refractivity contribution in [2.24, 2.45) is 0 Å². The number of nitrogens with zero attached hydrogens (tertiary/aromatic N) is 1. The maximum atomic E-state index is 13.0. The minimum atomic E-state index is -3.76. The minimum absolute atomic E-state index is 0.229. The average molecular weight is 311 g/mol. The first-order valence-corrected chi connectivity index (χ1v) is 7.55. The molecule has 6 nitrogen and oxygen atoms in total. The van der Waals surface area contributed by atoms with Gasteiger partial charge in [-0.05, 0) is 18.9 Å². The number of sulfonamides is 1. The summed E-state index contributed by atoms with van der Waals surface area (Å²) in [6, 6.07) is 2.58. The lowest BCUT2D eigenvalue weighted by atomic mass is 10.3. The fourth-order valence-electron chi connectivity index (χ4n) is 1.35. The second-order valence-corrected chi connectivity index (χ2v) is 5.96. The highest BCUT2D eigenvalue weighted by Crippen LogP contribution is 2.26. The van der Waals surface area contributed by atoms with Crippen LogP contribution in [0.5, 0.6) is 0 Å². The molecule has 19 heavy (non-hydrogen) atoms. The zero-order valence-electron chi connectivity index (χ0n) is 9.80. The number of halogens is 2. The molecule has 0 fully saturated rings. The summed E-state index contributed by atoms with van der Waals surface area (Å²) in [5.41, 5.74) is -0.877. The number of nitro benzene ring substituents is 1. The van der Waals surface area contributed by atoms with Gasteiger partial charge >= 0.3 is 0 Å². The van der Waals surface area contributed by atoms with E-state index in [9.17, 15) is 22.9 Å². The average Bonchev–Trinajstić information content (AvgIpc) is 2.28. The van der Waals surface area contributed by atoms with Gasteiger partial charge in [0.2, 0.25) is 10.0 Å². The van der Waals surface area contributed by atoms with Crippen molar-refractivity contribution in [1.29, 1.82) is 0 Å². The molecule has 0 heterocycles. The van der Waals surface area contributed by atoms with E-state index in [1.807, 2.05) is 4.72 Å². The Balaban J connectivity index is 2.92. The first kappa shape index (κ1) is 15.6. The van der Waals surface area contributed by atoms with E-state index in [1.165, 1.54) is 0 Å². The van der Waals surface area contributed by atoms with Gasteiger partial charge < -0.3 is 0 Å². The predicted octanol–water partition coefficient (Wildman–Crippen LogP) is 2.49. The van der Waals surface area contributed by atoms with Gasteiger partial charge in [-0.2, -0.15) is 0 Å². The Morgan fingerprint density at radius 2 is 2.05 bits per heavy atom. The highest BCUT2D eigenvalue weighted by molar-refractivity contribution is 7.92. The molecule has 0 saturated carbocycles. The van der Waals surface area contributed by atoms with Gasteiger partial charge in [0.25, 0.3) is 5.69 Å². The molecule has 0 amide bonds. The first-order valence-electron chi connectivity index (χ1n) is 5.36. The number of alkyl halides is 1. The van der Waals surface area contributed by atoms with Crippen LogP contribution in [0.3, 0.4) is 0 Å². The molecule has 106 valence electrons. The number of nitrogens with one attached hydrogen (secondary N) is 1. The lowest BCUT2D eigenvalue weighted by Gasteiger charge is -2.08. The third-order valence-electron chi connectivity index (χ3n) is 2.22. The van der Waals surface area contributed by atoms with E-state index in [0.29, 0.717) is 18.7 Å². The Kier molecular flexibility index (Phi) is 5.49. The lowest BCUT2D eigenvalue weighted by Crippen LogP contribution is -2.17. The third-order valence-corrected chi connectivity index (χ3v) is 3.84.